The monoisotopic (exact) mass is 548 g/mol. The molecule has 0 spiro atoms. The number of aliphatic imine (C=N–C) groups is 1. The SMILES string of the molecule is CCNC(=NCCS(=O)(=O)N1CCSCC1)N1CCCC(C(=O)OCC)C1.I. The van der Waals surface area contributed by atoms with Crippen LogP contribution in [0.2, 0.25) is 0 Å². The molecule has 2 saturated heterocycles. The fraction of sp³-hybridized carbons (Fsp3) is 0.882. The van der Waals surface area contributed by atoms with Gasteiger partial charge in [0.2, 0.25) is 10.0 Å². The van der Waals surface area contributed by atoms with Crippen LogP contribution in [0.4, 0.5) is 0 Å². The molecule has 1 unspecified atom stereocenters. The minimum Gasteiger partial charge on any atom is -0.466 e. The van der Waals surface area contributed by atoms with E-state index in [1.54, 1.807) is 16.1 Å². The molecule has 0 aromatic rings. The molecule has 0 aliphatic carbocycles. The number of carbonyl (C=O) groups excluding carboxylic acids is 1. The molecule has 2 aliphatic heterocycles. The molecule has 0 aromatic carbocycles. The molecule has 28 heavy (non-hydrogen) atoms. The van der Waals surface area contributed by atoms with Gasteiger partial charge in [0.15, 0.2) is 5.96 Å². The van der Waals surface area contributed by atoms with E-state index in [-0.39, 0.29) is 48.2 Å². The second-order valence-electron chi connectivity index (χ2n) is 6.60. The molecular formula is C17H33IN4O4S2. The molecule has 11 heteroatoms. The molecule has 1 atom stereocenters. The van der Waals surface area contributed by atoms with Gasteiger partial charge >= 0.3 is 5.97 Å². The average molecular weight is 549 g/mol. The van der Waals surface area contributed by atoms with Crippen LogP contribution in [-0.4, -0.2) is 92.7 Å². The highest BCUT2D eigenvalue weighted by Crippen LogP contribution is 2.18. The van der Waals surface area contributed by atoms with Crippen molar-refractivity contribution in [2.24, 2.45) is 10.9 Å². The number of rotatable bonds is 7. The molecule has 0 bridgehead atoms. The number of nitrogens with zero attached hydrogens (tertiary/aromatic N) is 3. The Hall–Kier alpha value is -0.270. The Kier molecular flexibility index (Phi) is 12.1. The second-order valence-corrected chi connectivity index (χ2v) is 9.91. The normalized spacial score (nSPS) is 21.7. The molecular weight excluding hydrogens is 515 g/mol. The number of ether oxygens (including phenoxy) is 1. The average Bonchev–Trinajstić information content (AvgIpc) is 2.68. The number of likely N-dealkylation sites (tertiary alicyclic amines) is 1. The molecule has 0 aromatic heterocycles. The number of nitrogens with one attached hydrogen (secondary N) is 1. The second kappa shape index (κ2) is 13.1. The van der Waals surface area contributed by atoms with Gasteiger partial charge in [0.1, 0.15) is 0 Å². The third-order valence-electron chi connectivity index (χ3n) is 4.65. The van der Waals surface area contributed by atoms with Gasteiger partial charge in [-0.25, -0.2) is 12.7 Å². The van der Waals surface area contributed by atoms with Crippen molar-refractivity contribution in [1.82, 2.24) is 14.5 Å². The lowest BCUT2D eigenvalue weighted by molar-refractivity contribution is -0.149. The van der Waals surface area contributed by atoms with Gasteiger partial charge < -0.3 is 15.0 Å². The molecule has 0 radical (unpaired) electrons. The van der Waals surface area contributed by atoms with Gasteiger partial charge in [0.25, 0.3) is 0 Å². The van der Waals surface area contributed by atoms with Crippen molar-refractivity contribution in [3.05, 3.63) is 0 Å². The lowest BCUT2D eigenvalue weighted by atomic mass is 9.98. The number of guanidine groups is 1. The van der Waals surface area contributed by atoms with Crippen LogP contribution < -0.4 is 5.32 Å². The topological polar surface area (TPSA) is 91.3 Å². The van der Waals surface area contributed by atoms with Crippen molar-refractivity contribution < 1.29 is 17.9 Å². The molecule has 0 amide bonds. The molecule has 2 aliphatic rings. The summed E-state index contributed by atoms with van der Waals surface area (Å²) in [6.07, 6.45) is 1.70. The van der Waals surface area contributed by atoms with Crippen LogP contribution in [0.1, 0.15) is 26.7 Å². The summed E-state index contributed by atoms with van der Waals surface area (Å²) in [5.41, 5.74) is 0. The van der Waals surface area contributed by atoms with Crippen molar-refractivity contribution >= 4 is 57.7 Å². The van der Waals surface area contributed by atoms with Crippen molar-refractivity contribution in [2.75, 3.05) is 63.1 Å². The molecule has 8 nitrogen and oxygen atoms in total. The van der Waals surface area contributed by atoms with E-state index in [2.05, 4.69) is 10.3 Å². The summed E-state index contributed by atoms with van der Waals surface area (Å²) >= 11 is 1.79. The number of thioether (sulfide) groups is 1. The van der Waals surface area contributed by atoms with E-state index in [0.717, 1.165) is 30.9 Å². The van der Waals surface area contributed by atoms with Crippen LogP contribution in [0, 0.1) is 5.92 Å². The Morgan fingerprint density at radius 2 is 1.96 bits per heavy atom. The van der Waals surface area contributed by atoms with E-state index in [1.807, 2.05) is 18.7 Å². The Balaban J connectivity index is 0.00000392. The Labute approximate surface area is 190 Å². The summed E-state index contributed by atoms with van der Waals surface area (Å²) in [4.78, 5) is 18.6. The highest BCUT2D eigenvalue weighted by molar-refractivity contribution is 14.0. The highest BCUT2D eigenvalue weighted by Gasteiger charge is 2.29. The maximum absolute atomic E-state index is 12.5. The number of carbonyl (C=O) groups is 1. The first-order valence-electron chi connectivity index (χ1n) is 9.73. The predicted octanol–water partition coefficient (Wildman–Crippen LogP) is 1.22. The van der Waals surface area contributed by atoms with E-state index in [1.165, 1.54) is 0 Å². The van der Waals surface area contributed by atoms with Gasteiger partial charge in [-0.2, -0.15) is 11.8 Å². The summed E-state index contributed by atoms with van der Waals surface area (Å²) in [5, 5.41) is 3.22. The number of hydrogen-bond donors (Lipinski definition) is 1. The molecule has 0 saturated carbocycles. The fourth-order valence-corrected chi connectivity index (χ4v) is 5.72. The first kappa shape index (κ1) is 25.8. The third-order valence-corrected chi connectivity index (χ3v) is 7.44. The van der Waals surface area contributed by atoms with Crippen LogP contribution in [-0.2, 0) is 19.6 Å². The van der Waals surface area contributed by atoms with Crippen LogP contribution in [0.5, 0.6) is 0 Å². The first-order chi connectivity index (χ1) is 13.0. The van der Waals surface area contributed by atoms with Crippen molar-refractivity contribution in [2.45, 2.75) is 26.7 Å². The maximum atomic E-state index is 12.5. The standard InChI is InChI=1S/C17H32N4O4S2.HI/c1-3-18-17(20-8-5-6-15(14-20)16(22)25-4-2)19-7-13-27(23,24)21-9-11-26-12-10-21;/h15H,3-14H2,1-2H3,(H,18,19);1H. The third kappa shape index (κ3) is 7.86. The summed E-state index contributed by atoms with van der Waals surface area (Å²) in [6.45, 7) is 7.61. The van der Waals surface area contributed by atoms with Crippen LogP contribution in [0.15, 0.2) is 4.99 Å². The van der Waals surface area contributed by atoms with Crippen molar-refractivity contribution in [3.8, 4) is 0 Å². The summed E-state index contributed by atoms with van der Waals surface area (Å²) < 4.78 is 31.7. The van der Waals surface area contributed by atoms with Crippen LogP contribution >= 0.6 is 35.7 Å². The van der Waals surface area contributed by atoms with Crippen molar-refractivity contribution in [1.29, 1.82) is 0 Å². The fourth-order valence-electron chi connectivity index (χ4n) is 3.27. The molecule has 2 rings (SSSR count). The van der Waals surface area contributed by atoms with Gasteiger partial charge in [-0.05, 0) is 26.7 Å². The Bertz CT molecular complexity index is 612. The zero-order valence-electron chi connectivity index (χ0n) is 16.8. The first-order valence-corrected chi connectivity index (χ1v) is 12.5. The molecule has 164 valence electrons. The minimum atomic E-state index is -3.26. The van der Waals surface area contributed by atoms with E-state index >= 15 is 0 Å². The summed E-state index contributed by atoms with van der Waals surface area (Å²) in [7, 11) is -3.26. The number of sulfonamides is 1. The van der Waals surface area contributed by atoms with Crippen LogP contribution in [0.3, 0.4) is 0 Å². The zero-order chi connectivity index (χ0) is 19.7. The highest BCUT2D eigenvalue weighted by atomic mass is 127. The van der Waals surface area contributed by atoms with E-state index in [0.29, 0.717) is 38.7 Å². The smallest absolute Gasteiger partial charge is 0.310 e. The van der Waals surface area contributed by atoms with Crippen molar-refractivity contribution in [3.63, 3.8) is 0 Å². The number of hydrogen-bond acceptors (Lipinski definition) is 6. The summed E-state index contributed by atoms with van der Waals surface area (Å²) in [6, 6.07) is 0. The van der Waals surface area contributed by atoms with Gasteiger partial charge in [-0.1, -0.05) is 0 Å². The van der Waals surface area contributed by atoms with E-state index in [4.69, 9.17) is 4.74 Å². The quantitative estimate of drug-likeness (QED) is 0.222. The Morgan fingerprint density at radius 1 is 1.25 bits per heavy atom. The van der Waals surface area contributed by atoms with Gasteiger partial charge in [0, 0.05) is 44.2 Å². The maximum Gasteiger partial charge on any atom is 0.310 e. The molecule has 1 N–H and O–H groups in total. The number of halogens is 1. The lowest BCUT2D eigenvalue weighted by Gasteiger charge is -2.34. The van der Waals surface area contributed by atoms with E-state index < -0.39 is 10.0 Å². The lowest BCUT2D eigenvalue weighted by Crippen LogP contribution is -2.48. The predicted molar refractivity (Wildman–Crippen MR) is 125 cm³/mol. The minimum absolute atomic E-state index is 0. The largest absolute Gasteiger partial charge is 0.466 e. The Morgan fingerprint density at radius 3 is 2.61 bits per heavy atom. The molecule has 2 heterocycles. The van der Waals surface area contributed by atoms with Crippen LogP contribution in [0.25, 0.3) is 0 Å². The number of piperidine rings is 1. The van der Waals surface area contributed by atoms with Gasteiger partial charge in [0.05, 0.1) is 24.8 Å². The van der Waals surface area contributed by atoms with Gasteiger partial charge in [-0.3, -0.25) is 9.79 Å². The summed E-state index contributed by atoms with van der Waals surface area (Å²) in [5.74, 6) is 2.08. The number of esters is 1. The van der Waals surface area contributed by atoms with E-state index in [9.17, 15) is 13.2 Å². The zero-order valence-corrected chi connectivity index (χ0v) is 20.7. The molecule has 2 fully saturated rings. The van der Waals surface area contributed by atoms with Gasteiger partial charge in [-0.15, -0.1) is 24.0 Å².